The van der Waals surface area contributed by atoms with Gasteiger partial charge in [0.2, 0.25) is 0 Å². The van der Waals surface area contributed by atoms with Crippen LogP contribution in [0.5, 0.6) is 0 Å². The topological polar surface area (TPSA) is 110 Å². The van der Waals surface area contributed by atoms with Gasteiger partial charge in [0.05, 0.1) is 17.7 Å². The predicted molar refractivity (Wildman–Crippen MR) is 58.2 cm³/mol. The number of rotatable bonds is 4. The van der Waals surface area contributed by atoms with Crippen LogP contribution in [-0.4, -0.2) is 41.6 Å². The molecule has 0 atom stereocenters. The highest BCUT2D eigenvalue weighted by atomic mass is 16.4. The minimum atomic E-state index is -1.14. The van der Waals surface area contributed by atoms with Gasteiger partial charge in [0.25, 0.3) is 0 Å². The van der Waals surface area contributed by atoms with Crippen LogP contribution in [0.25, 0.3) is 6.20 Å². The van der Waals surface area contributed by atoms with Crippen LogP contribution in [0.15, 0.2) is 10.4 Å². The molecule has 0 fully saturated rings. The van der Waals surface area contributed by atoms with Crippen LogP contribution in [0.1, 0.15) is 20.8 Å². The van der Waals surface area contributed by atoms with E-state index < -0.39 is 17.3 Å². The SMILES string of the molecule is CC(=Cn1nnn(CC(C)(C)O)c1=O)C(=O)O. The maximum Gasteiger partial charge on any atom is 0.368 e. The smallest absolute Gasteiger partial charge is 0.368 e. The molecule has 2 N–H and O–H groups in total. The number of tetrazole rings is 1. The van der Waals surface area contributed by atoms with Gasteiger partial charge in [-0.15, -0.1) is 0 Å². The Morgan fingerprint density at radius 3 is 2.53 bits per heavy atom. The number of hydrogen-bond acceptors (Lipinski definition) is 5. The van der Waals surface area contributed by atoms with Gasteiger partial charge in [0.15, 0.2) is 0 Å². The molecule has 0 amide bonds. The molecule has 0 aliphatic rings. The van der Waals surface area contributed by atoms with Crippen molar-refractivity contribution in [2.24, 2.45) is 0 Å². The fourth-order valence-corrected chi connectivity index (χ4v) is 1.07. The first-order chi connectivity index (χ1) is 7.70. The van der Waals surface area contributed by atoms with Crippen molar-refractivity contribution in [2.45, 2.75) is 32.9 Å². The van der Waals surface area contributed by atoms with E-state index in [1.165, 1.54) is 20.8 Å². The summed E-state index contributed by atoms with van der Waals surface area (Å²) in [6.07, 6.45) is 1.07. The number of aliphatic carboxylic acids is 1. The van der Waals surface area contributed by atoms with Gasteiger partial charge in [-0.1, -0.05) is 0 Å². The third kappa shape index (κ3) is 3.52. The van der Waals surface area contributed by atoms with Crippen LogP contribution in [0.2, 0.25) is 0 Å². The molecule has 0 aromatic carbocycles. The second-order valence-corrected chi connectivity index (χ2v) is 4.29. The molecular formula is C9H14N4O4. The largest absolute Gasteiger partial charge is 0.478 e. The molecule has 1 heterocycles. The quantitative estimate of drug-likeness (QED) is 0.666. The lowest BCUT2D eigenvalue weighted by atomic mass is 10.1. The Hall–Kier alpha value is -1.96. The molecule has 0 spiro atoms. The second-order valence-electron chi connectivity index (χ2n) is 4.29. The molecule has 0 bridgehead atoms. The molecule has 17 heavy (non-hydrogen) atoms. The number of carboxylic acid groups (broad SMARTS) is 1. The monoisotopic (exact) mass is 242 g/mol. The third-order valence-electron chi connectivity index (χ3n) is 1.85. The Morgan fingerprint density at radius 2 is 2.06 bits per heavy atom. The number of aliphatic hydroxyl groups is 1. The number of carbonyl (C=O) groups is 1. The minimum Gasteiger partial charge on any atom is -0.478 e. The third-order valence-corrected chi connectivity index (χ3v) is 1.85. The highest BCUT2D eigenvalue weighted by molar-refractivity contribution is 5.89. The highest BCUT2D eigenvalue weighted by Gasteiger charge is 2.17. The van der Waals surface area contributed by atoms with E-state index >= 15 is 0 Å². The van der Waals surface area contributed by atoms with Crippen molar-refractivity contribution < 1.29 is 15.0 Å². The first-order valence-corrected chi connectivity index (χ1v) is 4.87. The first kappa shape index (κ1) is 13.1. The van der Waals surface area contributed by atoms with Crippen molar-refractivity contribution in [2.75, 3.05) is 0 Å². The molecule has 0 radical (unpaired) electrons. The summed E-state index contributed by atoms with van der Waals surface area (Å²) in [4.78, 5) is 22.2. The molecular weight excluding hydrogens is 228 g/mol. The molecule has 1 aromatic heterocycles. The number of carboxylic acids is 1. The molecule has 0 saturated heterocycles. The van der Waals surface area contributed by atoms with E-state index in [0.717, 1.165) is 15.6 Å². The van der Waals surface area contributed by atoms with E-state index in [-0.39, 0.29) is 12.1 Å². The van der Waals surface area contributed by atoms with Crippen LogP contribution in [-0.2, 0) is 11.3 Å². The zero-order chi connectivity index (χ0) is 13.2. The van der Waals surface area contributed by atoms with Crippen molar-refractivity contribution in [3.8, 4) is 0 Å². The van der Waals surface area contributed by atoms with Crippen LogP contribution >= 0.6 is 0 Å². The van der Waals surface area contributed by atoms with Crippen molar-refractivity contribution in [1.82, 2.24) is 19.8 Å². The average molecular weight is 242 g/mol. The van der Waals surface area contributed by atoms with Gasteiger partial charge >= 0.3 is 11.7 Å². The molecule has 1 aromatic rings. The molecule has 0 aliphatic carbocycles. The van der Waals surface area contributed by atoms with Crippen molar-refractivity contribution in [3.63, 3.8) is 0 Å². The fraction of sp³-hybridized carbons (Fsp3) is 0.556. The van der Waals surface area contributed by atoms with Crippen LogP contribution < -0.4 is 5.69 Å². The summed E-state index contributed by atoms with van der Waals surface area (Å²) in [6.45, 7) is 4.36. The molecule has 94 valence electrons. The molecule has 8 heteroatoms. The Kier molecular flexibility index (Phi) is 3.47. The van der Waals surface area contributed by atoms with Gasteiger partial charge in [-0.2, -0.15) is 9.36 Å². The summed E-state index contributed by atoms with van der Waals surface area (Å²) >= 11 is 0. The summed E-state index contributed by atoms with van der Waals surface area (Å²) in [5, 5.41) is 25.2. The summed E-state index contributed by atoms with van der Waals surface area (Å²) in [5.74, 6) is -1.14. The normalized spacial score (nSPS) is 12.8. The van der Waals surface area contributed by atoms with Crippen LogP contribution in [0, 0.1) is 0 Å². The van der Waals surface area contributed by atoms with Gasteiger partial charge in [-0.3, -0.25) is 0 Å². The Morgan fingerprint density at radius 1 is 1.47 bits per heavy atom. The van der Waals surface area contributed by atoms with Crippen molar-refractivity contribution in [1.29, 1.82) is 0 Å². The highest BCUT2D eigenvalue weighted by Crippen LogP contribution is 2.02. The Labute approximate surface area is 96.8 Å². The molecule has 0 unspecified atom stereocenters. The van der Waals surface area contributed by atoms with Gasteiger partial charge in [-0.05, 0) is 31.2 Å². The van der Waals surface area contributed by atoms with E-state index in [2.05, 4.69) is 10.4 Å². The molecule has 8 nitrogen and oxygen atoms in total. The molecule has 0 aliphatic heterocycles. The van der Waals surface area contributed by atoms with Gasteiger partial charge in [0, 0.05) is 6.20 Å². The van der Waals surface area contributed by atoms with Crippen LogP contribution in [0.3, 0.4) is 0 Å². The number of aromatic nitrogens is 4. The Bertz CT molecular complexity index is 506. The molecule has 1 rings (SSSR count). The maximum absolute atomic E-state index is 11.7. The zero-order valence-electron chi connectivity index (χ0n) is 9.78. The maximum atomic E-state index is 11.7. The van der Waals surface area contributed by atoms with E-state index in [1.807, 2.05) is 0 Å². The average Bonchev–Trinajstić information content (AvgIpc) is 2.47. The summed E-state index contributed by atoms with van der Waals surface area (Å²) in [5.41, 5.74) is -1.74. The summed E-state index contributed by atoms with van der Waals surface area (Å²) in [7, 11) is 0. The fourth-order valence-electron chi connectivity index (χ4n) is 1.07. The van der Waals surface area contributed by atoms with Gasteiger partial charge < -0.3 is 10.2 Å². The minimum absolute atomic E-state index is 0.0220. The van der Waals surface area contributed by atoms with Gasteiger partial charge in [0.1, 0.15) is 0 Å². The van der Waals surface area contributed by atoms with E-state index in [0.29, 0.717) is 0 Å². The van der Waals surface area contributed by atoms with Crippen molar-refractivity contribution in [3.05, 3.63) is 16.1 Å². The number of hydrogen-bond donors (Lipinski definition) is 2. The first-order valence-electron chi connectivity index (χ1n) is 4.87. The van der Waals surface area contributed by atoms with E-state index in [1.54, 1.807) is 0 Å². The van der Waals surface area contributed by atoms with E-state index in [4.69, 9.17) is 5.11 Å². The van der Waals surface area contributed by atoms with Crippen molar-refractivity contribution >= 4 is 12.2 Å². The lowest BCUT2D eigenvalue weighted by Crippen LogP contribution is -2.33. The lowest BCUT2D eigenvalue weighted by Gasteiger charge is -2.14. The second kappa shape index (κ2) is 4.50. The Balaban J connectivity index is 3.04. The summed E-state index contributed by atoms with van der Waals surface area (Å²) < 4.78 is 1.78. The number of nitrogens with zero attached hydrogens (tertiary/aromatic N) is 4. The van der Waals surface area contributed by atoms with Gasteiger partial charge in [-0.25, -0.2) is 9.59 Å². The molecule has 0 saturated carbocycles. The zero-order valence-corrected chi connectivity index (χ0v) is 9.78. The van der Waals surface area contributed by atoms with Crippen LogP contribution in [0.4, 0.5) is 0 Å². The standard InChI is InChI=1S/C9H14N4O4/c1-6(7(14)15)4-12-8(16)13(11-10-12)5-9(2,3)17/h4,17H,5H2,1-3H3,(H,14,15). The lowest BCUT2D eigenvalue weighted by molar-refractivity contribution is -0.132. The van der Waals surface area contributed by atoms with E-state index in [9.17, 15) is 14.7 Å². The predicted octanol–water partition coefficient (Wildman–Crippen LogP) is -0.844. The summed E-state index contributed by atoms with van der Waals surface area (Å²) in [6, 6.07) is 0.